The number of ether oxygens (including phenoxy) is 2. The number of hydrogen-bond donors (Lipinski definition) is 1. The molecule has 1 aromatic heterocycles. The molecule has 0 atom stereocenters. The molecule has 0 radical (unpaired) electrons. The summed E-state index contributed by atoms with van der Waals surface area (Å²) in [6.07, 6.45) is 0. The lowest BCUT2D eigenvalue weighted by atomic mass is 10.2. The van der Waals surface area contributed by atoms with Gasteiger partial charge in [0.25, 0.3) is 5.91 Å². The number of nitrogens with zero attached hydrogens (tertiary/aromatic N) is 1. The van der Waals surface area contributed by atoms with Gasteiger partial charge in [-0.1, -0.05) is 11.3 Å². The van der Waals surface area contributed by atoms with Gasteiger partial charge in [0.1, 0.15) is 16.4 Å². The fraction of sp³-hybridized carbons (Fsp3) is 0.286. The largest absolute Gasteiger partial charge is 0.497 e. The Labute approximate surface area is 125 Å². The van der Waals surface area contributed by atoms with Crippen LogP contribution in [0.2, 0.25) is 0 Å². The van der Waals surface area contributed by atoms with Gasteiger partial charge in [0.2, 0.25) is 0 Å². The molecule has 0 unspecified atom stereocenters. The Morgan fingerprint density at radius 2 is 2.00 bits per heavy atom. The SMILES string of the molecule is COc1ccc(OC)c(NC(=O)c2sc(=O)n(C)c2C)c1. The highest BCUT2D eigenvalue weighted by Crippen LogP contribution is 2.29. The van der Waals surface area contributed by atoms with Crippen molar-refractivity contribution in [3.8, 4) is 11.5 Å². The van der Waals surface area contributed by atoms with E-state index in [2.05, 4.69) is 5.32 Å². The summed E-state index contributed by atoms with van der Waals surface area (Å²) >= 11 is 0.915. The maximum absolute atomic E-state index is 12.3. The second-order valence-electron chi connectivity index (χ2n) is 4.36. The molecule has 0 aliphatic carbocycles. The number of methoxy groups -OCH3 is 2. The maximum atomic E-state index is 12.3. The van der Waals surface area contributed by atoms with Gasteiger partial charge in [0.15, 0.2) is 0 Å². The molecule has 0 fully saturated rings. The summed E-state index contributed by atoms with van der Waals surface area (Å²) in [5.41, 5.74) is 1.12. The molecule has 1 N–H and O–H groups in total. The molecule has 112 valence electrons. The third kappa shape index (κ3) is 2.92. The molecule has 0 aliphatic heterocycles. The number of rotatable bonds is 4. The minimum absolute atomic E-state index is 0.171. The van der Waals surface area contributed by atoms with Gasteiger partial charge in [-0.25, -0.2) is 0 Å². The molecule has 2 aromatic rings. The number of anilines is 1. The molecule has 0 spiro atoms. The zero-order chi connectivity index (χ0) is 15.6. The lowest BCUT2D eigenvalue weighted by Gasteiger charge is -2.11. The van der Waals surface area contributed by atoms with Crippen LogP contribution in [0.3, 0.4) is 0 Å². The van der Waals surface area contributed by atoms with Crippen molar-refractivity contribution in [3.05, 3.63) is 38.4 Å². The smallest absolute Gasteiger partial charge is 0.307 e. The second-order valence-corrected chi connectivity index (χ2v) is 5.32. The summed E-state index contributed by atoms with van der Waals surface area (Å²) in [5, 5.41) is 2.75. The highest BCUT2D eigenvalue weighted by atomic mass is 32.1. The van der Waals surface area contributed by atoms with Gasteiger partial charge >= 0.3 is 4.87 Å². The maximum Gasteiger partial charge on any atom is 0.307 e. The Morgan fingerprint density at radius 1 is 1.29 bits per heavy atom. The van der Waals surface area contributed by atoms with Crippen molar-refractivity contribution in [1.29, 1.82) is 0 Å². The van der Waals surface area contributed by atoms with Crippen molar-refractivity contribution in [2.75, 3.05) is 19.5 Å². The topological polar surface area (TPSA) is 69.6 Å². The molecule has 2 rings (SSSR count). The summed E-state index contributed by atoms with van der Waals surface area (Å²) in [6.45, 7) is 1.73. The fourth-order valence-corrected chi connectivity index (χ4v) is 2.70. The van der Waals surface area contributed by atoms with E-state index in [9.17, 15) is 9.59 Å². The average Bonchev–Trinajstić information content (AvgIpc) is 2.74. The molecule has 0 saturated carbocycles. The van der Waals surface area contributed by atoms with Crippen molar-refractivity contribution in [3.63, 3.8) is 0 Å². The number of nitrogens with one attached hydrogen (secondary N) is 1. The molecular formula is C14H16N2O4S. The summed E-state index contributed by atoms with van der Waals surface area (Å²) in [4.78, 5) is 24.1. The van der Waals surface area contributed by atoms with Crippen LogP contribution >= 0.6 is 11.3 Å². The van der Waals surface area contributed by atoms with E-state index in [1.165, 1.54) is 11.7 Å². The molecule has 1 aromatic carbocycles. The summed E-state index contributed by atoms with van der Waals surface area (Å²) < 4.78 is 11.8. The summed E-state index contributed by atoms with van der Waals surface area (Å²) in [5.74, 6) is 0.774. The molecule has 0 saturated heterocycles. The van der Waals surface area contributed by atoms with E-state index < -0.39 is 0 Å². The zero-order valence-electron chi connectivity index (χ0n) is 12.2. The fourth-order valence-electron chi connectivity index (χ4n) is 1.82. The number of carbonyl (C=O) groups is 1. The number of hydrogen-bond acceptors (Lipinski definition) is 5. The first-order chi connectivity index (χ1) is 9.97. The van der Waals surface area contributed by atoms with Crippen molar-refractivity contribution >= 4 is 22.9 Å². The number of carbonyl (C=O) groups excluding carboxylic acids is 1. The van der Waals surface area contributed by atoms with Gasteiger partial charge < -0.3 is 19.4 Å². The Balaban J connectivity index is 2.34. The number of aromatic nitrogens is 1. The minimum atomic E-state index is -0.346. The lowest BCUT2D eigenvalue weighted by molar-refractivity contribution is 0.102. The van der Waals surface area contributed by atoms with Crippen LogP contribution in [-0.4, -0.2) is 24.7 Å². The van der Waals surface area contributed by atoms with Crippen LogP contribution in [0.25, 0.3) is 0 Å². The Bertz CT molecular complexity index is 733. The van der Waals surface area contributed by atoms with Gasteiger partial charge in [0.05, 0.1) is 19.9 Å². The van der Waals surface area contributed by atoms with Crippen LogP contribution < -0.4 is 19.7 Å². The lowest BCUT2D eigenvalue weighted by Crippen LogP contribution is -2.13. The highest BCUT2D eigenvalue weighted by Gasteiger charge is 2.17. The quantitative estimate of drug-likeness (QED) is 0.938. The molecule has 21 heavy (non-hydrogen) atoms. The first-order valence-corrected chi connectivity index (χ1v) is 6.99. The summed E-state index contributed by atoms with van der Waals surface area (Å²) in [6, 6.07) is 5.10. The summed E-state index contributed by atoms with van der Waals surface area (Å²) in [7, 11) is 4.70. The number of amides is 1. The highest BCUT2D eigenvalue weighted by molar-refractivity contribution is 7.11. The van der Waals surface area contributed by atoms with Crippen LogP contribution in [0.1, 0.15) is 15.4 Å². The van der Waals surface area contributed by atoms with E-state index in [0.717, 1.165) is 11.3 Å². The zero-order valence-corrected chi connectivity index (χ0v) is 13.0. The monoisotopic (exact) mass is 308 g/mol. The predicted molar refractivity (Wildman–Crippen MR) is 81.8 cm³/mol. The number of thiazole rings is 1. The van der Waals surface area contributed by atoms with Crippen LogP contribution in [0, 0.1) is 6.92 Å². The van der Waals surface area contributed by atoms with Crippen molar-refractivity contribution < 1.29 is 14.3 Å². The molecule has 0 aliphatic rings. The van der Waals surface area contributed by atoms with Crippen LogP contribution in [0.4, 0.5) is 5.69 Å². The normalized spacial score (nSPS) is 10.3. The predicted octanol–water partition coefficient (Wildman–Crippen LogP) is 2.02. The minimum Gasteiger partial charge on any atom is -0.497 e. The van der Waals surface area contributed by atoms with Crippen LogP contribution in [-0.2, 0) is 7.05 Å². The van der Waals surface area contributed by atoms with Gasteiger partial charge in [0, 0.05) is 18.8 Å². The molecular weight excluding hydrogens is 292 g/mol. The van der Waals surface area contributed by atoms with Crippen molar-refractivity contribution in [2.24, 2.45) is 7.05 Å². The second kappa shape index (κ2) is 6.01. The molecule has 0 bridgehead atoms. The van der Waals surface area contributed by atoms with Gasteiger partial charge in [-0.3, -0.25) is 9.59 Å². The van der Waals surface area contributed by atoms with Crippen molar-refractivity contribution in [1.82, 2.24) is 4.57 Å². The Morgan fingerprint density at radius 3 is 2.52 bits per heavy atom. The molecule has 7 heteroatoms. The third-order valence-electron chi connectivity index (χ3n) is 3.16. The van der Waals surface area contributed by atoms with E-state index in [1.807, 2.05) is 0 Å². The Hall–Kier alpha value is -2.28. The van der Waals surface area contributed by atoms with Crippen LogP contribution in [0.5, 0.6) is 11.5 Å². The van der Waals surface area contributed by atoms with Crippen LogP contribution in [0.15, 0.2) is 23.0 Å². The van der Waals surface area contributed by atoms with E-state index in [4.69, 9.17) is 9.47 Å². The number of benzene rings is 1. The van der Waals surface area contributed by atoms with E-state index >= 15 is 0 Å². The average molecular weight is 308 g/mol. The van der Waals surface area contributed by atoms with E-state index in [0.29, 0.717) is 27.8 Å². The van der Waals surface area contributed by atoms with Gasteiger partial charge in [-0.05, 0) is 19.1 Å². The Kier molecular flexibility index (Phi) is 4.32. The first kappa shape index (κ1) is 15.1. The first-order valence-electron chi connectivity index (χ1n) is 6.17. The van der Waals surface area contributed by atoms with Crippen molar-refractivity contribution in [2.45, 2.75) is 6.92 Å². The van der Waals surface area contributed by atoms with E-state index in [1.54, 1.807) is 39.3 Å². The van der Waals surface area contributed by atoms with E-state index in [-0.39, 0.29) is 10.8 Å². The van der Waals surface area contributed by atoms with Gasteiger partial charge in [-0.15, -0.1) is 0 Å². The molecule has 6 nitrogen and oxygen atoms in total. The molecule has 1 heterocycles. The molecule has 1 amide bonds. The standard InChI is InChI=1S/C14H16N2O4S/c1-8-12(21-14(18)16(8)2)13(17)15-10-7-9(19-3)5-6-11(10)20-4/h5-7H,1-4H3,(H,15,17). The third-order valence-corrected chi connectivity index (χ3v) is 4.29. The van der Waals surface area contributed by atoms with Gasteiger partial charge in [-0.2, -0.15) is 0 Å².